The lowest BCUT2D eigenvalue weighted by atomic mass is 10.1. The summed E-state index contributed by atoms with van der Waals surface area (Å²) in [6.07, 6.45) is 0. The van der Waals surface area contributed by atoms with Crippen LogP contribution in [0.2, 0.25) is 0 Å². The van der Waals surface area contributed by atoms with Crippen molar-refractivity contribution in [3.8, 4) is 11.3 Å². The van der Waals surface area contributed by atoms with Crippen LogP contribution >= 0.6 is 15.9 Å². The summed E-state index contributed by atoms with van der Waals surface area (Å²) in [5, 5.41) is 6.82. The van der Waals surface area contributed by atoms with Gasteiger partial charge in [0.05, 0.1) is 12.3 Å². The Labute approximate surface area is 102 Å². The van der Waals surface area contributed by atoms with Gasteiger partial charge in [0.1, 0.15) is 5.82 Å². The summed E-state index contributed by atoms with van der Waals surface area (Å²) in [6, 6.07) is 7.82. The van der Waals surface area contributed by atoms with Crippen molar-refractivity contribution in [2.45, 2.75) is 6.61 Å². The molecule has 1 heterocycles. The molecule has 0 spiro atoms. The van der Waals surface area contributed by atoms with Gasteiger partial charge in [-0.05, 0) is 17.7 Å². The molecular formula is C11H12BrN3O. The lowest BCUT2D eigenvalue weighted by Gasteiger charge is -2.07. The van der Waals surface area contributed by atoms with Crippen molar-refractivity contribution in [2.24, 2.45) is 0 Å². The quantitative estimate of drug-likeness (QED) is 0.909. The summed E-state index contributed by atoms with van der Waals surface area (Å²) < 4.78 is 6.17. The lowest BCUT2D eigenvalue weighted by Crippen LogP contribution is -1.92. The van der Waals surface area contributed by atoms with Crippen LogP contribution in [0.3, 0.4) is 0 Å². The number of nitrogen functional groups attached to an aromatic ring is 1. The monoisotopic (exact) mass is 281 g/mol. The number of anilines is 1. The van der Waals surface area contributed by atoms with E-state index < -0.39 is 0 Å². The molecule has 4 nitrogen and oxygen atoms in total. The summed E-state index contributed by atoms with van der Waals surface area (Å²) in [5.41, 5.74) is 8.62. The largest absolute Gasteiger partial charge is 0.382 e. The van der Waals surface area contributed by atoms with E-state index in [9.17, 15) is 0 Å². The highest BCUT2D eigenvalue weighted by atomic mass is 79.9. The molecule has 0 unspecified atom stereocenters. The van der Waals surface area contributed by atoms with Crippen LogP contribution < -0.4 is 5.73 Å². The number of ether oxygens (including phenoxy) is 1. The van der Waals surface area contributed by atoms with Crippen LogP contribution in [0.25, 0.3) is 11.3 Å². The van der Waals surface area contributed by atoms with Crippen molar-refractivity contribution in [3.05, 3.63) is 34.3 Å². The number of nitrogens with two attached hydrogens (primary N) is 1. The summed E-state index contributed by atoms with van der Waals surface area (Å²) in [7, 11) is 1.67. The van der Waals surface area contributed by atoms with Gasteiger partial charge in [0.15, 0.2) is 0 Å². The highest BCUT2D eigenvalue weighted by molar-refractivity contribution is 9.10. The van der Waals surface area contributed by atoms with Crippen LogP contribution in [0.1, 0.15) is 5.56 Å². The third-order valence-electron chi connectivity index (χ3n) is 2.26. The summed E-state index contributed by atoms with van der Waals surface area (Å²) in [6.45, 7) is 0.557. The van der Waals surface area contributed by atoms with Crippen molar-refractivity contribution in [1.82, 2.24) is 10.2 Å². The number of hydrogen-bond acceptors (Lipinski definition) is 3. The van der Waals surface area contributed by atoms with Gasteiger partial charge in [0.2, 0.25) is 0 Å². The Hall–Kier alpha value is -1.33. The van der Waals surface area contributed by atoms with Crippen LogP contribution in [-0.2, 0) is 11.3 Å². The Morgan fingerprint density at radius 1 is 1.44 bits per heavy atom. The molecule has 84 valence electrons. The first-order valence-electron chi connectivity index (χ1n) is 4.79. The Kier molecular flexibility index (Phi) is 3.26. The van der Waals surface area contributed by atoms with E-state index in [1.54, 1.807) is 13.2 Å². The third kappa shape index (κ3) is 2.25. The molecule has 0 radical (unpaired) electrons. The smallest absolute Gasteiger partial charge is 0.145 e. The fourth-order valence-corrected chi connectivity index (χ4v) is 1.92. The average Bonchev–Trinajstić information content (AvgIpc) is 2.68. The lowest BCUT2D eigenvalue weighted by molar-refractivity contribution is 0.185. The molecule has 3 N–H and O–H groups in total. The van der Waals surface area contributed by atoms with Crippen molar-refractivity contribution >= 4 is 21.7 Å². The van der Waals surface area contributed by atoms with Gasteiger partial charge in [-0.25, -0.2) is 0 Å². The minimum absolute atomic E-state index is 0.485. The van der Waals surface area contributed by atoms with E-state index in [0.29, 0.717) is 12.4 Å². The molecule has 0 saturated heterocycles. The summed E-state index contributed by atoms with van der Waals surface area (Å²) >= 11 is 3.45. The molecule has 1 aromatic carbocycles. The van der Waals surface area contributed by atoms with E-state index >= 15 is 0 Å². The van der Waals surface area contributed by atoms with Crippen molar-refractivity contribution in [1.29, 1.82) is 0 Å². The highest BCUT2D eigenvalue weighted by Gasteiger charge is 2.08. The molecule has 0 fully saturated rings. The maximum Gasteiger partial charge on any atom is 0.145 e. The number of benzene rings is 1. The second-order valence-corrected chi connectivity index (χ2v) is 4.36. The molecule has 1 aromatic heterocycles. The molecule has 2 aromatic rings. The predicted octanol–water partition coefficient (Wildman–Crippen LogP) is 2.57. The number of methoxy groups -OCH3 is 1. The Balaban J connectivity index is 2.48. The molecule has 0 aliphatic heterocycles. The molecule has 2 rings (SSSR count). The fraction of sp³-hybridized carbons (Fsp3) is 0.182. The Morgan fingerprint density at radius 3 is 2.88 bits per heavy atom. The molecule has 5 heteroatoms. The SMILES string of the molecule is COCc1ccc(Br)cc1-c1cc(N)n[nH]1. The fourth-order valence-electron chi connectivity index (χ4n) is 1.56. The number of hydrogen-bond donors (Lipinski definition) is 2. The normalized spacial score (nSPS) is 10.6. The van der Waals surface area contributed by atoms with Crippen LogP contribution in [0.4, 0.5) is 5.82 Å². The molecule has 0 atom stereocenters. The van der Waals surface area contributed by atoms with E-state index in [1.807, 2.05) is 18.2 Å². The number of nitrogens with one attached hydrogen (secondary N) is 1. The average molecular weight is 282 g/mol. The zero-order valence-corrected chi connectivity index (χ0v) is 10.4. The standard InChI is InChI=1S/C11H12BrN3O/c1-16-6-7-2-3-8(12)4-9(7)10-5-11(13)15-14-10/h2-5H,6H2,1H3,(H3,13,14,15). The molecule has 0 aliphatic carbocycles. The van der Waals surface area contributed by atoms with Gasteiger partial charge in [-0.3, -0.25) is 5.10 Å². The first kappa shape index (κ1) is 11.2. The van der Waals surface area contributed by atoms with Crippen LogP contribution in [0.5, 0.6) is 0 Å². The van der Waals surface area contributed by atoms with Crippen molar-refractivity contribution in [2.75, 3.05) is 12.8 Å². The molecule has 0 aliphatic rings. The molecule has 0 bridgehead atoms. The van der Waals surface area contributed by atoms with Gasteiger partial charge in [-0.1, -0.05) is 22.0 Å². The van der Waals surface area contributed by atoms with Crippen LogP contribution in [-0.4, -0.2) is 17.3 Å². The van der Waals surface area contributed by atoms with Crippen LogP contribution in [0.15, 0.2) is 28.7 Å². The molecule has 0 amide bonds. The van der Waals surface area contributed by atoms with Gasteiger partial charge < -0.3 is 10.5 Å². The highest BCUT2D eigenvalue weighted by Crippen LogP contribution is 2.27. The van der Waals surface area contributed by atoms with Crippen molar-refractivity contribution in [3.63, 3.8) is 0 Å². The Bertz CT molecular complexity index is 496. The zero-order valence-electron chi connectivity index (χ0n) is 8.83. The predicted molar refractivity (Wildman–Crippen MR) is 66.8 cm³/mol. The van der Waals surface area contributed by atoms with Gasteiger partial charge in [0.25, 0.3) is 0 Å². The number of H-pyrrole nitrogens is 1. The van der Waals surface area contributed by atoms with E-state index in [4.69, 9.17) is 10.5 Å². The second kappa shape index (κ2) is 4.67. The molecule has 0 saturated carbocycles. The Morgan fingerprint density at radius 2 is 2.25 bits per heavy atom. The zero-order chi connectivity index (χ0) is 11.5. The molecular weight excluding hydrogens is 270 g/mol. The minimum atomic E-state index is 0.485. The number of aromatic nitrogens is 2. The number of halogens is 1. The number of rotatable bonds is 3. The number of nitrogens with zero attached hydrogens (tertiary/aromatic N) is 1. The van der Waals surface area contributed by atoms with E-state index in [2.05, 4.69) is 26.1 Å². The van der Waals surface area contributed by atoms with E-state index in [0.717, 1.165) is 21.3 Å². The maximum absolute atomic E-state index is 5.59. The third-order valence-corrected chi connectivity index (χ3v) is 2.75. The maximum atomic E-state index is 5.59. The summed E-state index contributed by atoms with van der Waals surface area (Å²) in [5.74, 6) is 0.485. The first-order valence-corrected chi connectivity index (χ1v) is 5.58. The second-order valence-electron chi connectivity index (χ2n) is 3.44. The number of aromatic amines is 1. The van der Waals surface area contributed by atoms with E-state index in [-0.39, 0.29) is 0 Å². The summed E-state index contributed by atoms with van der Waals surface area (Å²) in [4.78, 5) is 0. The van der Waals surface area contributed by atoms with Crippen LogP contribution in [0, 0.1) is 0 Å². The molecule has 16 heavy (non-hydrogen) atoms. The van der Waals surface area contributed by atoms with E-state index in [1.165, 1.54) is 0 Å². The van der Waals surface area contributed by atoms with Gasteiger partial charge in [0, 0.05) is 23.2 Å². The minimum Gasteiger partial charge on any atom is -0.382 e. The van der Waals surface area contributed by atoms with Gasteiger partial charge >= 0.3 is 0 Å². The van der Waals surface area contributed by atoms with Gasteiger partial charge in [-0.15, -0.1) is 0 Å². The van der Waals surface area contributed by atoms with Crippen molar-refractivity contribution < 1.29 is 4.74 Å². The van der Waals surface area contributed by atoms with Gasteiger partial charge in [-0.2, -0.15) is 5.10 Å². The topological polar surface area (TPSA) is 63.9 Å². The first-order chi connectivity index (χ1) is 7.70.